The topological polar surface area (TPSA) is 97.2 Å². The molecule has 0 bridgehead atoms. The first-order valence-corrected chi connectivity index (χ1v) is 12.8. The Morgan fingerprint density at radius 2 is 1.85 bits per heavy atom. The van der Waals surface area contributed by atoms with Gasteiger partial charge >= 0.3 is 0 Å². The highest BCUT2D eigenvalue weighted by Gasteiger charge is 2.43. The molecule has 0 spiro atoms. The number of hydrogen-bond donors (Lipinski definition) is 1. The number of nitrogens with zero attached hydrogens (tertiary/aromatic N) is 2. The summed E-state index contributed by atoms with van der Waals surface area (Å²) in [5.41, 5.74) is 3.16. The van der Waals surface area contributed by atoms with Gasteiger partial charge in [0.25, 0.3) is 0 Å². The van der Waals surface area contributed by atoms with Crippen molar-refractivity contribution in [2.75, 3.05) is 0 Å². The van der Waals surface area contributed by atoms with Crippen molar-refractivity contribution in [2.24, 2.45) is 5.92 Å². The van der Waals surface area contributed by atoms with Crippen LogP contribution < -0.4 is 0 Å². The maximum absolute atomic E-state index is 12.9. The molecule has 0 saturated heterocycles. The van der Waals surface area contributed by atoms with Gasteiger partial charge in [-0.1, -0.05) is 36.4 Å². The molecule has 172 valence electrons. The van der Waals surface area contributed by atoms with E-state index < -0.39 is 9.84 Å². The van der Waals surface area contributed by atoms with E-state index in [1.54, 1.807) is 48.9 Å². The number of ketones is 1. The number of carbonyl (C=O) groups excluding carboxylic acids is 1. The van der Waals surface area contributed by atoms with E-state index in [0.717, 1.165) is 33.9 Å². The van der Waals surface area contributed by atoms with Gasteiger partial charge in [-0.15, -0.1) is 0 Å². The van der Waals surface area contributed by atoms with Crippen LogP contribution in [0.15, 0.2) is 84.1 Å². The Morgan fingerprint density at radius 3 is 2.59 bits per heavy atom. The molecule has 0 aliphatic heterocycles. The quantitative estimate of drug-likeness (QED) is 0.416. The van der Waals surface area contributed by atoms with E-state index in [9.17, 15) is 18.3 Å². The maximum atomic E-state index is 12.9. The average Bonchev–Trinajstić information content (AvgIpc) is 3.65. The van der Waals surface area contributed by atoms with Crippen LogP contribution in [0, 0.1) is 5.92 Å². The molecule has 7 heteroatoms. The van der Waals surface area contributed by atoms with E-state index in [0.29, 0.717) is 12.1 Å². The lowest BCUT2D eigenvalue weighted by atomic mass is 9.99. The molecule has 0 amide bonds. The van der Waals surface area contributed by atoms with Gasteiger partial charge < -0.3 is 5.11 Å². The van der Waals surface area contributed by atoms with Crippen LogP contribution in [0.5, 0.6) is 0 Å². The minimum absolute atomic E-state index is 0.0542. The molecule has 2 heterocycles. The van der Waals surface area contributed by atoms with Crippen LogP contribution in [0.25, 0.3) is 10.8 Å². The molecule has 1 saturated carbocycles. The molecule has 1 unspecified atom stereocenters. The number of pyridine rings is 2. The summed E-state index contributed by atoms with van der Waals surface area (Å²) in [6, 6.07) is 17.9. The van der Waals surface area contributed by atoms with E-state index >= 15 is 0 Å². The molecule has 1 fully saturated rings. The van der Waals surface area contributed by atoms with E-state index in [-0.39, 0.29) is 34.9 Å². The Labute approximate surface area is 198 Å². The molecule has 6 nitrogen and oxygen atoms in total. The van der Waals surface area contributed by atoms with E-state index in [4.69, 9.17) is 0 Å². The minimum Gasteiger partial charge on any atom is -0.392 e. The third kappa shape index (κ3) is 4.62. The Kier molecular flexibility index (Phi) is 5.98. The first-order valence-electron chi connectivity index (χ1n) is 11.2. The largest absolute Gasteiger partial charge is 0.392 e. The number of aromatic nitrogens is 2. The smallest absolute Gasteiger partial charge is 0.184 e. The third-order valence-electron chi connectivity index (χ3n) is 6.39. The van der Waals surface area contributed by atoms with Crippen LogP contribution in [0.1, 0.15) is 34.7 Å². The van der Waals surface area contributed by atoms with Gasteiger partial charge in [0.05, 0.1) is 22.9 Å². The molecule has 2 aromatic carbocycles. The van der Waals surface area contributed by atoms with Gasteiger partial charge in [-0.3, -0.25) is 14.8 Å². The van der Waals surface area contributed by atoms with Gasteiger partial charge in [-0.05, 0) is 53.1 Å². The first kappa shape index (κ1) is 22.4. The summed E-state index contributed by atoms with van der Waals surface area (Å²) >= 11 is 0. The predicted molar refractivity (Wildman–Crippen MR) is 129 cm³/mol. The number of hydrogen-bond acceptors (Lipinski definition) is 6. The predicted octanol–water partition coefficient (Wildman–Crippen LogP) is 4.01. The molecular formula is C27H24N2O4S. The zero-order valence-electron chi connectivity index (χ0n) is 18.5. The van der Waals surface area contributed by atoms with E-state index in [1.807, 2.05) is 30.3 Å². The van der Waals surface area contributed by atoms with Crippen molar-refractivity contribution < 1.29 is 18.3 Å². The van der Waals surface area contributed by atoms with Crippen molar-refractivity contribution in [1.29, 1.82) is 0 Å². The van der Waals surface area contributed by atoms with Crippen LogP contribution in [-0.4, -0.2) is 29.3 Å². The minimum atomic E-state index is -3.48. The highest BCUT2D eigenvalue weighted by atomic mass is 32.2. The molecule has 1 aliphatic carbocycles. The first-order chi connectivity index (χ1) is 16.4. The van der Waals surface area contributed by atoms with Gasteiger partial charge in [0.2, 0.25) is 0 Å². The molecule has 1 aliphatic rings. The molecule has 2 aromatic heterocycles. The number of sulfone groups is 1. The number of fused-ring (bicyclic) bond motifs is 1. The van der Waals surface area contributed by atoms with Crippen molar-refractivity contribution in [3.8, 4) is 0 Å². The van der Waals surface area contributed by atoms with Crippen LogP contribution in [-0.2, 0) is 33.4 Å². The number of Topliss-reactive ketones (excluding diaryl/α,β-unsaturated/α-hetero) is 1. The normalized spacial score (nSPS) is 17.6. The van der Waals surface area contributed by atoms with Crippen molar-refractivity contribution in [2.45, 2.75) is 36.0 Å². The van der Waals surface area contributed by atoms with Gasteiger partial charge in [0.1, 0.15) is 5.78 Å². The number of aliphatic hydroxyl groups is 1. The second kappa shape index (κ2) is 9.08. The zero-order chi connectivity index (χ0) is 23.7. The summed E-state index contributed by atoms with van der Waals surface area (Å²) < 4.78 is 25.4. The van der Waals surface area contributed by atoms with Crippen LogP contribution in [0.4, 0.5) is 0 Å². The molecule has 0 radical (unpaired) electrons. The second-order valence-corrected chi connectivity index (χ2v) is 10.7. The molecule has 5 rings (SSSR count). The fourth-order valence-electron chi connectivity index (χ4n) is 4.44. The van der Waals surface area contributed by atoms with Gasteiger partial charge in [-0.25, -0.2) is 8.42 Å². The lowest BCUT2D eigenvalue weighted by Gasteiger charge is -2.07. The Hall–Kier alpha value is -3.42. The molecule has 2 atom stereocenters. The molecule has 4 aromatic rings. The molecule has 1 N–H and O–H groups in total. The SMILES string of the molecule is O=C(Cc1ccc2cncc(CO)c2c1)[C@@H]1CC1c1ccc(S(=O)(=O)Cc2ccccn2)cc1. The second-order valence-electron chi connectivity index (χ2n) is 8.75. The number of carbonyl (C=O) groups is 1. The van der Waals surface area contributed by atoms with Crippen molar-refractivity contribution in [3.05, 3.63) is 102 Å². The summed E-state index contributed by atoms with van der Waals surface area (Å²) in [5.74, 6) is 0.104. The van der Waals surface area contributed by atoms with E-state index in [2.05, 4.69) is 9.97 Å². The Bertz CT molecular complexity index is 1450. The highest BCUT2D eigenvalue weighted by molar-refractivity contribution is 7.90. The number of benzene rings is 2. The summed E-state index contributed by atoms with van der Waals surface area (Å²) in [6.07, 6.45) is 6.08. The van der Waals surface area contributed by atoms with Gasteiger partial charge in [-0.2, -0.15) is 0 Å². The summed E-state index contributed by atoms with van der Waals surface area (Å²) in [7, 11) is -3.48. The average molecular weight is 473 g/mol. The van der Waals surface area contributed by atoms with Crippen molar-refractivity contribution in [1.82, 2.24) is 9.97 Å². The third-order valence-corrected chi connectivity index (χ3v) is 8.06. The fourth-order valence-corrected chi connectivity index (χ4v) is 5.72. The molecule has 34 heavy (non-hydrogen) atoms. The number of aliphatic hydroxyl groups excluding tert-OH is 1. The summed E-state index contributed by atoms with van der Waals surface area (Å²) in [4.78, 5) is 21.4. The summed E-state index contributed by atoms with van der Waals surface area (Å²) in [6.45, 7) is -0.0972. The van der Waals surface area contributed by atoms with Crippen molar-refractivity contribution in [3.63, 3.8) is 0 Å². The Balaban J connectivity index is 1.25. The van der Waals surface area contributed by atoms with Crippen LogP contribution in [0.3, 0.4) is 0 Å². The maximum Gasteiger partial charge on any atom is 0.184 e. The highest BCUT2D eigenvalue weighted by Crippen LogP contribution is 2.48. The van der Waals surface area contributed by atoms with Crippen LogP contribution >= 0.6 is 0 Å². The van der Waals surface area contributed by atoms with E-state index in [1.165, 1.54) is 0 Å². The lowest BCUT2D eigenvalue weighted by Crippen LogP contribution is -2.07. The number of rotatable bonds is 8. The zero-order valence-corrected chi connectivity index (χ0v) is 19.3. The molecular weight excluding hydrogens is 448 g/mol. The summed E-state index contributed by atoms with van der Waals surface area (Å²) in [5, 5.41) is 11.4. The lowest BCUT2D eigenvalue weighted by molar-refractivity contribution is -0.119. The van der Waals surface area contributed by atoms with Crippen LogP contribution in [0.2, 0.25) is 0 Å². The van der Waals surface area contributed by atoms with Gasteiger partial charge in [0, 0.05) is 41.9 Å². The van der Waals surface area contributed by atoms with Gasteiger partial charge in [0.15, 0.2) is 9.84 Å². The van der Waals surface area contributed by atoms with Crippen molar-refractivity contribution >= 4 is 26.4 Å². The monoisotopic (exact) mass is 472 g/mol. The Morgan fingerprint density at radius 1 is 1.03 bits per heavy atom. The standard InChI is InChI=1S/C27H24N2O4S/c30-16-21-15-28-14-20-5-4-18(11-24(20)21)12-27(31)26-13-25(26)19-6-8-23(9-7-19)34(32,33)17-22-3-1-2-10-29-22/h1-11,14-15,25-26,30H,12-13,16-17H2/t25?,26-/m1/s1. The fraction of sp³-hybridized carbons (Fsp3) is 0.222.